The Morgan fingerprint density at radius 2 is 1.64 bits per heavy atom. The monoisotopic (exact) mass is 533 g/mol. The van der Waals surface area contributed by atoms with Gasteiger partial charge in [0.2, 0.25) is 0 Å². The van der Waals surface area contributed by atoms with Crippen molar-refractivity contribution in [2.75, 3.05) is 32.7 Å². The van der Waals surface area contributed by atoms with Crippen molar-refractivity contribution in [2.24, 2.45) is 5.73 Å². The molecular weight excluding hydrogens is 488 g/mol. The highest BCUT2D eigenvalue weighted by molar-refractivity contribution is 5.94. The number of amides is 2. The molecule has 3 N–H and O–H groups in total. The molecule has 0 aliphatic carbocycles. The van der Waals surface area contributed by atoms with Gasteiger partial charge in [0, 0.05) is 48.7 Å². The topological polar surface area (TPSA) is 84.7 Å². The van der Waals surface area contributed by atoms with Crippen molar-refractivity contribution in [1.82, 2.24) is 14.7 Å². The maximum atomic E-state index is 13.0. The zero-order valence-electron chi connectivity index (χ0n) is 24.3. The van der Waals surface area contributed by atoms with Gasteiger partial charge in [-0.15, -0.1) is 0 Å². The Morgan fingerprint density at radius 3 is 2.33 bits per heavy atom. The van der Waals surface area contributed by atoms with Gasteiger partial charge in [0.05, 0.1) is 6.54 Å². The molecule has 0 spiro atoms. The molecule has 4 rings (SSSR count). The fraction of sp³-hybridized carbons (Fsp3) is 0.500. The van der Waals surface area contributed by atoms with Crippen LogP contribution >= 0.6 is 0 Å². The van der Waals surface area contributed by atoms with Crippen LogP contribution in [0.4, 0.5) is 10.5 Å². The summed E-state index contributed by atoms with van der Waals surface area (Å²) in [4.78, 5) is 27.8. The maximum absolute atomic E-state index is 13.0. The normalized spacial score (nSPS) is 19.3. The number of nitrogens with two attached hydrogens (primary N) is 1. The van der Waals surface area contributed by atoms with E-state index >= 15 is 0 Å². The number of hydrogen-bond acceptors (Lipinski definition) is 4. The molecule has 39 heavy (non-hydrogen) atoms. The number of hydrogen-bond donors (Lipinski definition) is 2. The largest absolute Gasteiger partial charge is 0.444 e. The van der Waals surface area contributed by atoms with E-state index in [9.17, 15) is 9.59 Å². The molecule has 1 unspecified atom stereocenters. The van der Waals surface area contributed by atoms with Gasteiger partial charge in [-0.3, -0.25) is 9.28 Å². The summed E-state index contributed by atoms with van der Waals surface area (Å²) in [6, 6.07) is 18.0. The van der Waals surface area contributed by atoms with Crippen molar-refractivity contribution in [3.05, 3.63) is 71.4 Å². The highest BCUT2D eigenvalue weighted by atomic mass is 16.6. The first kappa shape index (κ1) is 28.8. The molecule has 0 radical (unpaired) electrons. The number of ether oxygens (including phenoxy) is 1. The van der Waals surface area contributed by atoms with E-state index in [1.807, 2.05) is 56.0 Å². The minimum absolute atomic E-state index is 0.0628. The first-order valence-corrected chi connectivity index (χ1v) is 14.2. The van der Waals surface area contributed by atoms with Gasteiger partial charge in [-0.1, -0.05) is 30.3 Å². The summed E-state index contributed by atoms with van der Waals surface area (Å²) in [5.74, 6) is -0.0628. The summed E-state index contributed by atoms with van der Waals surface area (Å²) in [6.07, 6.45) is 3.12. The van der Waals surface area contributed by atoms with Gasteiger partial charge < -0.3 is 20.7 Å². The van der Waals surface area contributed by atoms with Crippen molar-refractivity contribution >= 4 is 23.3 Å². The first-order chi connectivity index (χ1) is 18.5. The van der Waals surface area contributed by atoms with E-state index in [-0.39, 0.29) is 17.5 Å². The van der Waals surface area contributed by atoms with Gasteiger partial charge in [-0.05, 0) is 72.2 Å². The van der Waals surface area contributed by atoms with Gasteiger partial charge in [-0.2, -0.15) is 0 Å². The SMILES string of the molecule is CC(C)(C)OC(=O)N1CCC2=C(CC1)[N+](CCNC(=O)c1ccccc1)(C(C)(C)CCCN)c1ccccc12. The molecule has 0 fully saturated rings. The van der Waals surface area contributed by atoms with Crippen molar-refractivity contribution in [1.29, 1.82) is 0 Å². The second-order valence-electron chi connectivity index (χ2n) is 12.3. The smallest absolute Gasteiger partial charge is 0.410 e. The molecule has 7 nitrogen and oxygen atoms in total. The summed E-state index contributed by atoms with van der Waals surface area (Å²) in [5, 5.41) is 3.19. The fourth-order valence-corrected chi connectivity index (χ4v) is 6.33. The van der Waals surface area contributed by atoms with Gasteiger partial charge in [0.25, 0.3) is 5.91 Å². The molecule has 0 saturated carbocycles. The number of carbonyl (C=O) groups is 2. The number of nitrogens with one attached hydrogen (secondary N) is 1. The van der Waals surface area contributed by atoms with Crippen molar-refractivity contribution in [3.63, 3.8) is 0 Å². The first-order valence-electron chi connectivity index (χ1n) is 14.2. The summed E-state index contributed by atoms with van der Waals surface area (Å²) in [6.45, 7) is 13.5. The second-order valence-corrected chi connectivity index (χ2v) is 12.3. The Morgan fingerprint density at radius 1 is 0.974 bits per heavy atom. The predicted molar refractivity (Wildman–Crippen MR) is 158 cm³/mol. The van der Waals surface area contributed by atoms with Crippen LogP contribution in [0.25, 0.3) is 5.57 Å². The lowest BCUT2D eigenvalue weighted by Crippen LogP contribution is -2.63. The molecule has 0 bridgehead atoms. The molecule has 0 aromatic heterocycles. The number of fused-ring (bicyclic) bond motifs is 2. The van der Waals surface area contributed by atoms with Crippen LogP contribution in [0, 0.1) is 0 Å². The molecule has 2 aliphatic heterocycles. The molecular formula is C32H45N4O3+. The summed E-state index contributed by atoms with van der Waals surface area (Å²) >= 11 is 0. The number of rotatable bonds is 8. The average Bonchev–Trinajstić information content (AvgIpc) is 3.01. The summed E-state index contributed by atoms with van der Waals surface area (Å²) < 4.78 is 6.39. The van der Waals surface area contributed by atoms with Crippen LogP contribution in [0.15, 0.2) is 60.3 Å². The third kappa shape index (κ3) is 5.89. The standard InChI is InChI=1S/C32H44N4O3/c1-31(2,3)39-30(38)35-21-16-26-25-14-9-10-15-27(25)36(28(26)17-22-35,32(4,5)18-11-19-33)23-20-34-29(37)24-12-7-6-8-13-24/h6-10,12-15H,11,16-23,33H2,1-5H3/p+1. The van der Waals surface area contributed by atoms with Gasteiger partial charge in [-0.25, -0.2) is 4.79 Å². The Labute approximate surface area is 233 Å². The third-order valence-electron chi connectivity index (χ3n) is 8.15. The number of nitrogens with zero attached hydrogens (tertiary/aromatic N) is 2. The molecule has 1 atom stereocenters. The van der Waals surface area contributed by atoms with E-state index < -0.39 is 5.60 Å². The van der Waals surface area contributed by atoms with Crippen LogP contribution < -0.4 is 15.5 Å². The lowest BCUT2D eigenvalue weighted by molar-refractivity contribution is 0.0255. The fourth-order valence-electron chi connectivity index (χ4n) is 6.33. The zero-order chi connectivity index (χ0) is 28.3. The zero-order valence-corrected chi connectivity index (χ0v) is 24.3. The van der Waals surface area contributed by atoms with E-state index in [0.29, 0.717) is 36.2 Å². The van der Waals surface area contributed by atoms with E-state index in [2.05, 4.69) is 43.4 Å². The number of carbonyl (C=O) groups excluding carboxylic acids is 2. The Bertz CT molecular complexity index is 1220. The van der Waals surface area contributed by atoms with E-state index in [1.54, 1.807) is 0 Å². The van der Waals surface area contributed by atoms with Crippen molar-refractivity contribution in [2.45, 2.75) is 71.4 Å². The van der Waals surface area contributed by atoms with Crippen LogP contribution in [0.1, 0.15) is 76.2 Å². The quantitative estimate of drug-likeness (QED) is 0.427. The predicted octanol–water partition coefficient (Wildman–Crippen LogP) is 5.70. The Kier molecular flexibility index (Phi) is 8.52. The molecule has 2 heterocycles. The maximum Gasteiger partial charge on any atom is 0.410 e. The van der Waals surface area contributed by atoms with E-state index in [1.165, 1.54) is 22.5 Å². The van der Waals surface area contributed by atoms with Gasteiger partial charge in [0.1, 0.15) is 29.1 Å². The molecule has 2 aromatic carbocycles. The van der Waals surface area contributed by atoms with Crippen LogP contribution in [0.5, 0.6) is 0 Å². The highest BCUT2D eigenvalue weighted by Crippen LogP contribution is 2.53. The molecule has 0 saturated heterocycles. The number of para-hydroxylation sites is 1. The van der Waals surface area contributed by atoms with Crippen molar-refractivity contribution < 1.29 is 14.3 Å². The van der Waals surface area contributed by atoms with Crippen LogP contribution in [-0.4, -0.2) is 60.8 Å². The lowest BCUT2D eigenvalue weighted by atomic mass is 9.90. The summed E-state index contributed by atoms with van der Waals surface area (Å²) in [7, 11) is 0. The minimum Gasteiger partial charge on any atom is -0.444 e. The number of quaternary nitrogens is 1. The molecule has 2 aromatic rings. The van der Waals surface area contributed by atoms with E-state index in [0.717, 1.165) is 32.2 Å². The highest BCUT2D eigenvalue weighted by Gasteiger charge is 2.54. The minimum atomic E-state index is -0.535. The molecule has 2 aliphatic rings. The number of benzene rings is 2. The molecule has 2 amide bonds. The lowest BCUT2D eigenvalue weighted by Gasteiger charge is -2.49. The Hall–Kier alpha value is -3.16. The molecule has 210 valence electrons. The van der Waals surface area contributed by atoms with E-state index in [4.69, 9.17) is 10.5 Å². The average molecular weight is 534 g/mol. The van der Waals surface area contributed by atoms with Gasteiger partial charge in [0.15, 0.2) is 0 Å². The molecule has 7 heteroatoms. The van der Waals surface area contributed by atoms with Crippen molar-refractivity contribution in [3.8, 4) is 0 Å². The van der Waals surface area contributed by atoms with Crippen LogP contribution in [0.2, 0.25) is 0 Å². The third-order valence-corrected chi connectivity index (χ3v) is 8.15. The summed E-state index contributed by atoms with van der Waals surface area (Å²) in [5.41, 5.74) is 11.2. The van der Waals surface area contributed by atoms with Gasteiger partial charge >= 0.3 is 6.09 Å². The van der Waals surface area contributed by atoms with Crippen LogP contribution in [-0.2, 0) is 4.74 Å². The van der Waals surface area contributed by atoms with Crippen LogP contribution in [0.3, 0.4) is 0 Å². The second kappa shape index (κ2) is 11.5. The Balaban J connectivity index is 1.69.